The minimum Gasteiger partial charge on any atom is -0.334 e. The van der Waals surface area contributed by atoms with Crippen molar-refractivity contribution >= 4 is 28.6 Å². The van der Waals surface area contributed by atoms with E-state index in [0.29, 0.717) is 11.8 Å². The van der Waals surface area contributed by atoms with E-state index in [-0.39, 0.29) is 12.1 Å². The molecule has 0 heterocycles. The number of hydrogen-bond acceptors (Lipinski definition) is 3. The first-order valence-electron chi connectivity index (χ1n) is 7.48. The van der Waals surface area contributed by atoms with E-state index in [4.69, 9.17) is 0 Å². The third kappa shape index (κ3) is 4.49. The Balaban J connectivity index is 1.89. The van der Waals surface area contributed by atoms with E-state index < -0.39 is 10.8 Å². The number of benzene rings is 1. The van der Waals surface area contributed by atoms with E-state index in [1.54, 1.807) is 11.2 Å². The summed E-state index contributed by atoms with van der Waals surface area (Å²) in [4.78, 5) is 14.8. The fraction of sp³-hybridized carbons (Fsp3) is 0.562. The number of thioether (sulfide) groups is 1. The minimum atomic E-state index is -0.962. The Morgan fingerprint density at radius 3 is 2.64 bits per heavy atom. The second kappa shape index (κ2) is 8.02. The summed E-state index contributed by atoms with van der Waals surface area (Å²) in [5.74, 6) is 0. The van der Waals surface area contributed by atoms with Crippen molar-refractivity contribution in [1.29, 1.82) is 0 Å². The molecule has 0 unspecified atom stereocenters. The Kier molecular flexibility index (Phi) is 6.32. The van der Waals surface area contributed by atoms with E-state index in [1.807, 2.05) is 43.1 Å². The third-order valence-corrected chi connectivity index (χ3v) is 6.19. The summed E-state index contributed by atoms with van der Waals surface area (Å²) in [7, 11) is 0.847. The van der Waals surface area contributed by atoms with Crippen molar-refractivity contribution in [3.8, 4) is 0 Å². The standard InChI is InChI=1S/C16H24N2O2S2/c1-18(11-12-7-9-13(10-8-12)22(3)20)16(19)17-14-5-4-6-15(14)21-2/h7-10,14-15H,4-6,11H2,1-3H3,(H,17,19)/t14-,15+,22-/m0/s1. The quantitative estimate of drug-likeness (QED) is 0.897. The Labute approximate surface area is 139 Å². The van der Waals surface area contributed by atoms with Gasteiger partial charge in [0, 0.05) is 46.8 Å². The summed E-state index contributed by atoms with van der Waals surface area (Å²) >= 11 is 1.84. The molecule has 0 bridgehead atoms. The largest absolute Gasteiger partial charge is 0.334 e. The van der Waals surface area contributed by atoms with Crippen LogP contribution in [0.2, 0.25) is 0 Å². The number of rotatable bonds is 5. The number of carbonyl (C=O) groups is 1. The van der Waals surface area contributed by atoms with E-state index in [9.17, 15) is 9.00 Å². The normalized spacial score (nSPS) is 22.3. The number of hydrogen-bond donors (Lipinski definition) is 1. The lowest BCUT2D eigenvalue weighted by Crippen LogP contribution is -2.45. The Hall–Kier alpha value is -1.01. The van der Waals surface area contributed by atoms with E-state index in [0.717, 1.165) is 16.9 Å². The number of nitrogens with one attached hydrogen (secondary N) is 1. The van der Waals surface area contributed by atoms with Gasteiger partial charge in [0.25, 0.3) is 0 Å². The van der Waals surface area contributed by atoms with Gasteiger partial charge in [-0.15, -0.1) is 0 Å². The first kappa shape index (κ1) is 17.3. The van der Waals surface area contributed by atoms with Gasteiger partial charge in [0.1, 0.15) is 0 Å². The van der Waals surface area contributed by atoms with Crippen LogP contribution in [0.5, 0.6) is 0 Å². The molecule has 1 aromatic carbocycles. The van der Waals surface area contributed by atoms with E-state index >= 15 is 0 Å². The fourth-order valence-electron chi connectivity index (χ4n) is 2.77. The van der Waals surface area contributed by atoms with Gasteiger partial charge in [0.15, 0.2) is 0 Å². The monoisotopic (exact) mass is 340 g/mol. The molecule has 2 amide bonds. The van der Waals surface area contributed by atoms with Crippen LogP contribution in [0.4, 0.5) is 4.79 Å². The highest BCUT2D eigenvalue weighted by molar-refractivity contribution is 7.99. The predicted octanol–water partition coefficient (Wildman–Crippen LogP) is 2.85. The Morgan fingerprint density at radius 2 is 2.05 bits per heavy atom. The SMILES string of the molecule is CS[C@@H]1CCC[C@@H]1NC(=O)N(C)Cc1ccc([S@](C)=O)cc1. The molecular weight excluding hydrogens is 316 g/mol. The molecule has 1 aliphatic rings. The van der Waals surface area contributed by atoms with Crippen molar-refractivity contribution in [3.63, 3.8) is 0 Å². The highest BCUT2D eigenvalue weighted by Gasteiger charge is 2.28. The average molecular weight is 341 g/mol. The summed E-state index contributed by atoms with van der Waals surface area (Å²) in [5.41, 5.74) is 1.04. The molecule has 2 rings (SSSR count). The van der Waals surface area contributed by atoms with Crippen molar-refractivity contribution in [2.75, 3.05) is 19.6 Å². The van der Waals surface area contributed by atoms with Gasteiger partial charge in [-0.1, -0.05) is 18.6 Å². The van der Waals surface area contributed by atoms with E-state index in [1.165, 1.54) is 12.8 Å². The molecular formula is C16H24N2O2S2. The van der Waals surface area contributed by atoms with Crippen LogP contribution >= 0.6 is 11.8 Å². The molecule has 22 heavy (non-hydrogen) atoms. The summed E-state index contributed by atoms with van der Waals surface area (Å²) in [6, 6.07) is 7.85. The average Bonchev–Trinajstić information content (AvgIpc) is 2.94. The van der Waals surface area contributed by atoms with Crippen molar-refractivity contribution in [1.82, 2.24) is 10.2 Å². The summed E-state index contributed by atoms with van der Waals surface area (Å²) in [5, 5.41) is 3.69. The van der Waals surface area contributed by atoms with Crippen molar-refractivity contribution < 1.29 is 9.00 Å². The molecule has 0 spiro atoms. The highest BCUT2D eigenvalue weighted by Crippen LogP contribution is 2.28. The first-order chi connectivity index (χ1) is 10.5. The Bertz CT molecular complexity index is 533. The van der Waals surface area contributed by atoms with Gasteiger partial charge in [-0.05, 0) is 36.8 Å². The summed E-state index contributed by atoms with van der Waals surface area (Å²) in [6.45, 7) is 0.555. The van der Waals surface area contributed by atoms with Gasteiger partial charge in [-0.2, -0.15) is 11.8 Å². The van der Waals surface area contributed by atoms with Gasteiger partial charge in [-0.3, -0.25) is 4.21 Å². The van der Waals surface area contributed by atoms with Gasteiger partial charge >= 0.3 is 6.03 Å². The molecule has 0 saturated heterocycles. The molecule has 1 N–H and O–H groups in total. The maximum Gasteiger partial charge on any atom is 0.317 e. The second-order valence-electron chi connectivity index (χ2n) is 5.72. The maximum atomic E-state index is 12.3. The van der Waals surface area contributed by atoms with Gasteiger partial charge in [-0.25, -0.2) is 4.79 Å². The third-order valence-electron chi connectivity index (χ3n) is 4.09. The molecule has 3 atom stereocenters. The molecule has 1 aromatic rings. The lowest BCUT2D eigenvalue weighted by Gasteiger charge is -2.24. The smallest absolute Gasteiger partial charge is 0.317 e. The molecule has 1 saturated carbocycles. The molecule has 0 aliphatic heterocycles. The van der Waals surface area contributed by atoms with Crippen LogP contribution < -0.4 is 5.32 Å². The number of nitrogens with zero attached hydrogens (tertiary/aromatic N) is 1. The summed E-state index contributed by atoms with van der Waals surface area (Å²) < 4.78 is 11.4. The zero-order valence-electron chi connectivity index (χ0n) is 13.4. The van der Waals surface area contributed by atoms with Crippen LogP contribution in [-0.4, -0.2) is 46.0 Å². The Morgan fingerprint density at radius 1 is 1.36 bits per heavy atom. The van der Waals surface area contributed by atoms with Crippen LogP contribution in [0.3, 0.4) is 0 Å². The predicted molar refractivity (Wildman–Crippen MR) is 93.7 cm³/mol. The van der Waals surface area contributed by atoms with E-state index in [2.05, 4.69) is 11.6 Å². The molecule has 6 heteroatoms. The molecule has 4 nitrogen and oxygen atoms in total. The van der Waals surface area contributed by atoms with Crippen molar-refractivity contribution in [3.05, 3.63) is 29.8 Å². The topological polar surface area (TPSA) is 49.4 Å². The fourth-order valence-corrected chi connectivity index (χ4v) is 4.23. The number of carbonyl (C=O) groups excluding carboxylic acids is 1. The van der Waals surface area contributed by atoms with Crippen LogP contribution in [0, 0.1) is 0 Å². The van der Waals surface area contributed by atoms with Crippen LogP contribution in [0.1, 0.15) is 24.8 Å². The van der Waals surface area contributed by atoms with Crippen molar-refractivity contribution in [2.24, 2.45) is 0 Å². The molecule has 1 aliphatic carbocycles. The zero-order valence-corrected chi connectivity index (χ0v) is 15.0. The zero-order chi connectivity index (χ0) is 16.1. The number of urea groups is 1. The van der Waals surface area contributed by atoms with Crippen LogP contribution in [0.15, 0.2) is 29.2 Å². The van der Waals surface area contributed by atoms with Gasteiger partial charge < -0.3 is 10.2 Å². The highest BCUT2D eigenvalue weighted by atomic mass is 32.2. The van der Waals surface area contributed by atoms with Crippen LogP contribution in [-0.2, 0) is 17.3 Å². The second-order valence-corrected chi connectivity index (χ2v) is 8.17. The molecule has 1 fully saturated rings. The minimum absolute atomic E-state index is 0.0194. The lowest BCUT2D eigenvalue weighted by atomic mass is 10.2. The number of amides is 2. The maximum absolute atomic E-state index is 12.3. The van der Waals surface area contributed by atoms with Gasteiger partial charge in [0.2, 0.25) is 0 Å². The first-order valence-corrected chi connectivity index (χ1v) is 10.3. The van der Waals surface area contributed by atoms with Crippen molar-refractivity contribution in [2.45, 2.75) is 42.0 Å². The molecule has 0 radical (unpaired) electrons. The molecule has 0 aromatic heterocycles. The van der Waals surface area contributed by atoms with Crippen LogP contribution in [0.25, 0.3) is 0 Å². The van der Waals surface area contributed by atoms with Gasteiger partial charge in [0.05, 0.1) is 0 Å². The lowest BCUT2D eigenvalue weighted by molar-refractivity contribution is 0.203. The summed E-state index contributed by atoms with van der Waals surface area (Å²) in [6.07, 6.45) is 7.22. The molecule has 122 valence electrons.